The molecule has 0 aliphatic heterocycles. The zero-order valence-corrected chi connectivity index (χ0v) is 38.2. The van der Waals surface area contributed by atoms with E-state index in [1.807, 2.05) is 24.3 Å². The standard InChI is InChI=1S/C66H50O2/c1-67-63-39-35-55(36-40-63)65(61-33-31-51-13-3-7-15-57(51)43-61)45-59-17-9-5-11-49(59)25-19-47-21-27-53(28-22-47)54-29-23-48(24-30-54)20-26-50-12-6-10-18-60(50)46-66(56-37-41-64(68-2)42-38-56)62-34-32-52-14-4-8-16-58(52)44-62/h3-46H,1-2H3/b25-19?,26-20?,65-45+,66-46+. The molecule has 0 spiro atoms. The van der Waals surface area contributed by atoms with Crippen molar-refractivity contribution in [1.29, 1.82) is 0 Å². The molecular weight excluding hydrogens is 825 g/mol. The summed E-state index contributed by atoms with van der Waals surface area (Å²) in [5.41, 5.74) is 16.1. The highest BCUT2D eigenvalue weighted by molar-refractivity contribution is 5.98. The summed E-state index contributed by atoms with van der Waals surface area (Å²) in [4.78, 5) is 0. The van der Waals surface area contributed by atoms with Crippen LogP contribution in [0.4, 0.5) is 0 Å². The van der Waals surface area contributed by atoms with E-state index in [9.17, 15) is 0 Å². The molecule has 0 radical (unpaired) electrons. The predicted molar refractivity (Wildman–Crippen MR) is 290 cm³/mol. The quantitative estimate of drug-likeness (QED) is 0.107. The summed E-state index contributed by atoms with van der Waals surface area (Å²) >= 11 is 0. The van der Waals surface area contributed by atoms with Crippen molar-refractivity contribution in [2.75, 3.05) is 14.2 Å². The van der Waals surface area contributed by atoms with E-state index < -0.39 is 0 Å². The summed E-state index contributed by atoms with van der Waals surface area (Å²) in [6.07, 6.45) is 13.4. The van der Waals surface area contributed by atoms with Gasteiger partial charge in [0.2, 0.25) is 0 Å². The Labute approximate surface area is 399 Å². The van der Waals surface area contributed by atoms with Gasteiger partial charge < -0.3 is 9.47 Å². The third-order valence-electron chi connectivity index (χ3n) is 12.6. The average Bonchev–Trinajstić information content (AvgIpc) is 3.41. The van der Waals surface area contributed by atoms with Gasteiger partial charge in [0.1, 0.15) is 11.5 Å². The smallest absolute Gasteiger partial charge is 0.118 e. The average molecular weight is 875 g/mol. The molecule has 10 aromatic rings. The number of rotatable bonds is 13. The Kier molecular flexibility index (Phi) is 12.8. The van der Waals surface area contributed by atoms with Gasteiger partial charge in [-0.25, -0.2) is 0 Å². The third-order valence-corrected chi connectivity index (χ3v) is 12.6. The van der Waals surface area contributed by atoms with Gasteiger partial charge in [-0.2, -0.15) is 0 Å². The maximum atomic E-state index is 5.49. The first-order valence-electron chi connectivity index (χ1n) is 23.0. The van der Waals surface area contributed by atoms with Crippen LogP contribution in [-0.2, 0) is 0 Å². The molecule has 0 bridgehead atoms. The maximum Gasteiger partial charge on any atom is 0.118 e. The fourth-order valence-electron chi connectivity index (χ4n) is 8.77. The Morgan fingerprint density at radius 2 is 0.632 bits per heavy atom. The zero-order chi connectivity index (χ0) is 46.1. The first kappa shape index (κ1) is 43.2. The number of benzene rings is 10. The van der Waals surface area contributed by atoms with Crippen molar-refractivity contribution in [1.82, 2.24) is 0 Å². The Morgan fingerprint density at radius 1 is 0.294 bits per heavy atom. The van der Waals surface area contributed by atoms with E-state index in [4.69, 9.17) is 9.47 Å². The predicted octanol–water partition coefficient (Wildman–Crippen LogP) is 17.2. The van der Waals surface area contributed by atoms with E-state index in [2.05, 4.69) is 243 Å². The van der Waals surface area contributed by atoms with E-state index in [1.54, 1.807) is 14.2 Å². The van der Waals surface area contributed by atoms with Crippen molar-refractivity contribution in [2.24, 2.45) is 0 Å². The van der Waals surface area contributed by atoms with Crippen molar-refractivity contribution >= 4 is 69.1 Å². The molecule has 326 valence electrons. The van der Waals surface area contributed by atoms with Crippen molar-refractivity contribution in [3.05, 3.63) is 286 Å². The van der Waals surface area contributed by atoms with E-state index in [0.29, 0.717) is 0 Å². The number of hydrogen-bond acceptors (Lipinski definition) is 2. The van der Waals surface area contributed by atoms with Crippen molar-refractivity contribution in [3.63, 3.8) is 0 Å². The lowest BCUT2D eigenvalue weighted by atomic mass is 9.92. The normalized spacial score (nSPS) is 12.0. The molecule has 0 heterocycles. The fourth-order valence-corrected chi connectivity index (χ4v) is 8.77. The zero-order valence-electron chi connectivity index (χ0n) is 38.2. The van der Waals surface area contributed by atoms with Crippen molar-refractivity contribution in [2.45, 2.75) is 0 Å². The number of hydrogen-bond donors (Lipinski definition) is 0. The number of ether oxygens (including phenoxy) is 2. The second-order valence-corrected chi connectivity index (χ2v) is 16.9. The van der Waals surface area contributed by atoms with Gasteiger partial charge in [-0.05, 0) is 148 Å². The molecule has 0 aliphatic rings. The van der Waals surface area contributed by atoms with Gasteiger partial charge in [0.25, 0.3) is 0 Å². The highest BCUT2D eigenvalue weighted by Crippen LogP contribution is 2.34. The summed E-state index contributed by atoms with van der Waals surface area (Å²) in [6, 6.07) is 81.8. The van der Waals surface area contributed by atoms with E-state index >= 15 is 0 Å². The highest BCUT2D eigenvalue weighted by atomic mass is 16.5. The number of fused-ring (bicyclic) bond motifs is 2. The van der Waals surface area contributed by atoms with Crippen LogP contribution in [0.15, 0.2) is 231 Å². The van der Waals surface area contributed by atoms with Gasteiger partial charge >= 0.3 is 0 Å². The van der Waals surface area contributed by atoms with Crippen molar-refractivity contribution < 1.29 is 9.47 Å². The van der Waals surface area contributed by atoms with Crippen LogP contribution in [-0.4, -0.2) is 14.2 Å². The summed E-state index contributed by atoms with van der Waals surface area (Å²) < 4.78 is 11.0. The molecule has 10 rings (SSSR count). The molecular formula is C66H50O2. The molecule has 0 N–H and O–H groups in total. The molecule has 0 aliphatic carbocycles. The largest absolute Gasteiger partial charge is 0.497 e. The molecule has 0 saturated carbocycles. The lowest BCUT2D eigenvalue weighted by molar-refractivity contribution is 0.414. The third kappa shape index (κ3) is 9.91. The second-order valence-electron chi connectivity index (χ2n) is 16.9. The first-order valence-corrected chi connectivity index (χ1v) is 23.0. The van der Waals surface area contributed by atoms with Gasteiger partial charge in [0, 0.05) is 0 Å². The topological polar surface area (TPSA) is 18.5 Å². The Morgan fingerprint density at radius 3 is 1.01 bits per heavy atom. The van der Waals surface area contributed by atoms with Crippen LogP contribution in [0.25, 0.3) is 80.3 Å². The molecule has 2 nitrogen and oxygen atoms in total. The first-order chi connectivity index (χ1) is 33.6. The van der Waals surface area contributed by atoms with Gasteiger partial charge in [0.05, 0.1) is 14.2 Å². The summed E-state index contributed by atoms with van der Waals surface area (Å²) in [5, 5.41) is 4.89. The highest BCUT2D eigenvalue weighted by Gasteiger charge is 2.11. The van der Waals surface area contributed by atoms with Crippen LogP contribution in [0.3, 0.4) is 0 Å². The van der Waals surface area contributed by atoms with Gasteiger partial charge in [-0.1, -0.05) is 218 Å². The Balaban J connectivity index is 0.872. The minimum atomic E-state index is 0.839. The van der Waals surface area contributed by atoms with Gasteiger partial charge in [-0.15, -0.1) is 0 Å². The molecule has 2 heteroatoms. The molecule has 0 saturated heterocycles. The minimum absolute atomic E-state index is 0.839. The van der Waals surface area contributed by atoms with Crippen LogP contribution in [0, 0.1) is 0 Å². The minimum Gasteiger partial charge on any atom is -0.497 e. The molecule has 68 heavy (non-hydrogen) atoms. The van der Waals surface area contributed by atoms with Crippen LogP contribution >= 0.6 is 0 Å². The molecule has 10 aromatic carbocycles. The Hall–Kier alpha value is -8.72. The van der Waals surface area contributed by atoms with Crippen LogP contribution in [0.2, 0.25) is 0 Å². The van der Waals surface area contributed by atoms with E-state index in [0.717, 1.165) is 67.2 Å². The molecule has 0 fully saturated rings. The Bertz CT molecular complexity index is 3240. The summed E-state index contributed by atoms with van der Waals surface area (Å²) in [5.74, 6) is 1.68. The van der Waals surface area contributed by atoms with Gasteiger partial charge in [0.15, 0.2) is 0 Å². The summed E-state index contributed by atoms with van der Waals surface area (Å²) in [6.45, 7) is 0. The summed E-state index contributed by atoms with van der Waals surface area (Å²) in [7, 11) is 3.41. The lowest BCUT2D eigenvalue weighted by Crippen LogP contribution is -1.91. The fraction of sp³-hybridized carbons (Fsp3) is 0.0303. The molecule has 0 aromatic heterocycles. The molecule has 0 unspecified atom stereocenters. The second kappa shape index (κ2) is 20.2. The van der Waals surface area contributed by atoms with Crippen LogP contribution in [0.5, 0.6) is 11.5 Å². The molecule has 0 atom stereocenters. The number of methoxy groups -OCH3 is 2. The molecule has 0 amide bonds. The lowest BCUT2D eigenvalue weighted by Gasteiger charge is -2.12. The van der Waals surface area contributed by atoms with Gasteiger partial charge in [-0.3, -0.25) is 0 Å². The monoisotopic (exact) mass is 874 g/mol. The SMILES string of the molecule is COc1ccc(/C(=C\c2ccccc2C=Cc2ccc(-c3ccc(C=Cc4ccccc4/C=C(\c4ccc(OC)cc4)c4ccc5ccccc5c4)cc3)cc2)c2ccc3ccccc3c2)cc1. The van der Waals surface area contributed by atoms with Crippen LogP contribution < -0.4 is 9.47 Å². The maximum absolute atomic E-state index is 5.49. The van der Waals surface area contributed by atoms with E-state index in [1.165, 1.54) is 43.8 Å². The van der Waals surface area contributed by atoms with Crippen LogP contribution in [0.1, 0.15) is 55.6 Å². The van der Waals surface area contributed by atoms with Crippen molar-refractivity contribution in [3.8, 4) is 22.6 Å². The van der Waals surface area contributed by atoms with E-state index in [-0.39, 0.29) is 0 Å².